The van der Waals surface area contributed by atoms with Crippen LogP contribution < -0.4 is 10.6 Å². The van der Waals surface area contributed by atoms with Crippen molar-refractivity contribution in [2.24, 2.45) is 0 Å². The van der Waals surface area contributed by atoms with Crippen molar-refractivity contribution in [3.05, 3.63) is 77.0 Å². The monoisotopic (exact) mass is 514 g/mol. The maximum Gasteiger partial charge on any atom is 0.160 e. The van der Waals surface area contributed by atoms with Gasteiger partial charge < -0.3 is 15.7 Å². The van der Waals surface area contributed by atoms with Crippen molar-refractivity contribution < 1.29 is 13.9 Å². The van der Waals surface area contributed by atoms with E-state index in [2.05, 4.69) is 64.4 Å². The van der Waals surface area contributed by atoms with Crippen LogP contribution in [-0.4, -0.2) is 32.5 Å². The number of aliphatic hydroxyl groups excluding tert-OH is 1. The molecule has 0 amide bonds. The normalized spacial score (nSPS) is 17.5. The van der Waals surface area contributed by atoms with Gasteiger partial charge in [0, 0.05) is 18.2 Å². The van der Waals surface area contributed by atoms with Crippen LogP contribution in [0.15, 0.2) is 48.7 Å². The van der Waals surface area contributed by atoms with Crippen LogP contribution in [0.2, 0.25) is 0 Å². The van der Waals surface area contributed by atoms with E-state index >= 15 is 0 Å². The zero-order valence-electron chi connectivity index (χ0n) is 21.2. The highest BCUT2D eigenvalue weighted by Gasteiger charge is 2.35. The van der Waals surface area contributed by atoms with Gasteiger partial charge in [-0.25, -0.2) is 8.78 Å². The molecule has 1 heterocycles. The van der Waals surface area contributed by atoms with E-state index < -0.39 is 23.8 Å². The van der Waals surface area contributed by atoms with Gasteiger partial charge in [-0.05, 0) is 53.5 Å². The number of nitrogens with zero attached hydrogens (tertiary/aromatic N) is 2. The highest BCUT2D eigenvalue weighted by Crippen LogP contribution is 2.38. The molecule has 0 aliphatic heterocycles. The van der Waals surface area contributed by atoms with Gasteiger partial charge >= 0.3 is 0 Å². The predicted octanol–water partition coefficient (Wildman–Crippen LogP) is 5.95. The molecule has 8 heteroatoms. The lowest BCUT2D eigenvalue weighted by Gasteiger charge is -2.41. The van der Waals surface area contributed by atoms with E-state index in [1.54, 1.807) is 6.20 Å². The van der Waals surface area contributed by atoms with Gasteiger partial charge in [0.2, 0.25) is 0 Å². The van der Waals surface area contributed by atoms with Crippen LogP contribution in [0.25, 0.3) is 0 Å². The summed E-state index contributed by atoms with van der Waals surface area (Å²) in [6.07, 6.45) is 6.44. The molecule has 1 aromatic heterocycles. The lowest BCUT2D eigenvalue weighted by atomic mass is 9.74. The van der Waals surface area contributed by atoms with E-state index in [4.69, 9.17) is 0 Å². The highest BCUT2D eigenvalue weighted by molar-refractivity contribution is 6.99. The maximum atomic E-state index is 13.8. The molecular formula is C28H36F2N4OS. The summed E-state index contributed by atoms with van der Waals surface area (Å²) in [6, 6.07) is 11.7. The molecule has 3 aromatic rings. The summed E-state index contributed by atoms with van der Waals surface area (Å²) >= 11 is 1.06. The minimum absolute atomic E-state index is 0.0438. The number of aromatic nitrogens is 2. The lowest BCUT2D eigenvalue weighted by molar-refractivity contribution is 0.122. The largest absolute Gasteiger partial charge is 0.390 e. The smallest absolute Gasteiger partial charge is 0.160 e. The van der Waals surface area contributed by atoms with Crippen LogP contribution in [0.3, 0.4) is 0 Å². The number of halogens is 2. The highest BCUT2D eigenvalue weighted by atomic mass is 32.1. The fourth-order valence-electron chi connectivity index (χ4n) is 5.13. The van der Waals surface area contributed by atoms with Crippen LogP contribution in [0.5, 0.6) is 0 Å². The van der Waals surface area contributed by atoms with Crippen molar-refractivity contribution in [3.8, 4) is 0 Å². The number of anilines is 1. The van der Waals surface area contributed by atoms with Crippen LogP contribution in [0.4, 0.5) is 14.6 Å². The molecule has 194 valence electrons. The molecule has 2 aromatic carbocycles. The number of aliphatic hydroxyl groups is 1. The van der Waals surface area contributed by atoms with Crippen LogP contribution >= 0.6 is 11.7 Å². The fourth-order valence-corrected chi connectivity index (χ4v) is 5.51. The minimum atomic E-state index is -0.831. The number of benzene rings is 2. The third kappa shape index (κ3) is 6.66. The van der Waals surface area contributed by atoms with Crippen molar-refractivity contribution in [2.45, 2.75) is 82.4 Å². The second-order valence-corrected chi connectivity index (χ2v) is 11.5. The second-order valence-electron chi connectivity index (χ2n) is 10.9. The molecule has 4 rings (SSSR count). The molecular weight excluding hydrogens is 478 g/mol. The van der Waals surface area contributed by atoms with Gasteiger partial charge in [-0.2, -0.15) is 8.75 Å². The Hall–Kier alpha value is -2.42. The van der Waals surface area contributed by atoms with Crippen molar-refractivity contribution in [1.29, 1.82) is 0 Å². The topological polar surface area (TPSA) is 70.1 Å². The Kier molecular flexibility index (Phi) is 8.37. The average molecular weight is 515 g/mol. The zero-order chi connectivity index (χ0) is 25.8. The first-order valence-electron chi connectivity index (χ1n) is 12.7. The number of nitrogens with one attached hydrogen (secondary N) is 2. The van der Waals surface area contributed by atoms with Crippen molar-refractivity contribution in [3.63, 3.8) is 0 Å². The molecule has 0 spiro atoms. The molecule has 1 aliphatic rings. The van der Waals surface area contributed by atoms with E-state index in [1.165, 1.54) is 29.7 Å². The third-order valence-corrected chi connectivity index (χ3v) is 7.65. The van der Waals surface area contributed by atoms with E-state index in [0.29, 0.717) is 17.9 Å². The second kappa shape index (κ2) is 11.3. The van der Waals surface area contributed by atoms with Crippen molar-refractivity contribution >= 4 is 17.5 Å². The van der Waals surface area contributed by atoms with Gasteiger partial charge in [0.05, 0.1) is 30.1 Å². The molecule has 5 nitrogen and oxygen atoms in total. The Bertz CT molecular complexity index is 1110. The summed E-state index contributed by atoms with van der Waals surface area (Å²) in [5.74, 6) is -0.732. The fraction of sp³-hybridized carbons (Fsp3) is 0.500. The summed E-state index contributed by atoms with van der Waals surface area (Å²) in [6.45, 7) is 6.98. The van der Waals surface area contributed by atoms with E-state index in [1.807, 2.05) is 0 Å². The van der Waals surface area contributed by atoms with E-state index in [0.717, 1.165) is 43.5 Å². The molecule has 0 saturated heterocycles. The molecule has 2 atom stereocenters. The van der Waals surface area contributed by atoms with E-state index in [9.17, 15) is 13.9 Å². The summed E-state index contributed by atoms with van der Waals surface area (Å²) in [4.78, 5) is 0. The van der Waals surface area contributed by atoms with Gasteiger partial charge in [0.15, 0.2) is 5.82 Å². The molecule has 0 bridgehead atoms. The Balaban J connectivity index is 1.55. The SMILES string of the molecule is CC(C)(C)c1cccc(C2(NCC(O)C(Cc3cc(F)cc(F)c3)Nc3cnsn3)CCCCC2)c1. The molecule has 1 aliphatic carbocycles. The predicted molar refractivity (Wildman–Crippen MR) is 141 cm³/mol. The first-order chi connectivity index (χ1) is 17.1. The average Bonchev–Trinajstić information content (AvgIpc) is 3.35. The molecule has 36 heavy (non-hydrogen) atoms. The van der Waals surface area contributed by atoms with Gasteiger partial charge in [0.25, 0.3) is 0 Å². The Morgan fingerprint density at radius 1 is 1.06 bits per heavy atom. The Morgan fingerprint density at radius 2 is 1.78 bits per heavy atom. The maximum absolute atomic E-state index is 13.8. The van der Waals surface area contributed by atoms with Gasteiger partial charge in [-0.1, -0.05) is 64.3 Å². The van der Waals surface area contributed by atoms with E-state index in [-0.39, 0.29) is 17.4 Å². The lowest BCUT2D eigenvalue weighted by Crippen LogP contribution is -2.51. The van der Waals surface area contributed by atoms with Crippen molar-refractivity contribution in [2.75, 3.05) is 11.9 Å². The molecule has 2 unspecified atom stereocenters. The standard InChI is InChI=1S/C28H36F2N4OS/c1-27(2,3)20-8-7-9-21(15-20)28(10-5-4-6-11-28)31-17-25(35)24(33-26-18-32-36-34-26)14-19-12-22(29)16-23(30)13-19/h7-9,12-13,15-16,18,24-25,31,35H,4-6,10-11,14,17H2,1-3H3,(H,33,34). The summed E-state index contributed by atoms with van der Waals surface area (Å²) < 4.78 is 35.9. The van der Waals surface area contributed by atoms with Crippen molar-refractivity contribution in [1.82, 2.24) is 14.1 Å². The van der Waals surface area contributed by atoms with Gasteiger partial charge in [-0.3, -0.25) is 0 Å². The Labute approximate surface area is 216 Å². The first kappa shape index (κ1) is 26.6. The molecule has 1 fully saturated rings. The molecule has 1 saturated carbocycles. The number of rotatable bonds is 9. The van der Waals surface area contributed by atoms with Gasteiger partial charge in [0.1, 0.15) is 11.6 Å². The summed E-state index contributed by atoms with van der Waals surface area (Å²) in [7, 11) is 0. The molecule has 0 radical (unpaired) electrons. The zero-order valence-corrected chi connectivity index (χ0v) is 22.0. The summed E-state index contributed by atoms with van der Waals surface area (Å²) in [5.41, 5.74) is 2.83. The Morgan fingerprint density at radius 3 is 2.42 bits per heavy atom. The summed E-state index contributed by atoms with van der Waals surface area (Å²) in [5, 5.41) is 18.3. The number of hydrogen-bond acceptors (Lipinski definition) is 6. The first-order valence-corrected chi connectivity index (χ1v) is 13.4. The minimum Gasteiger partial charge on any atom is -0.390 e. The quantitative estimate of drug-likeness (QED) is 0.329. The van der Waals surface area contributed by atoms with Gasteiger partial charge in [-0.15, -0.1) is 0 Å². The molecule has 3 N–H and O–H groups in total. The van der Waals surface area contributed by atoms with Crippen LogP contribution in [0.1, 0.15) is 69.6 Å². The van der Waals surface area contributed by atoms with Crippen LogP contribution in [-0.2, 0) is 17.4 Å². The third-order valence-electron chi connectivity index (χ3n) is 7.17. The number of hydrogen-bond donors (Lipinski definition) is 3. The van der Waals surface area contributed by atoms with Crippen LogP contribution in [0, 0.1) is 11.6 Å².